The molecule has 5 heteroatoms. The lowest BCUT2D eigenvalue weighted by Gasteiger charge is -2.42. The van der Waals surface area contributed by atoms with E-state index in [1.165, 1.54) is 0 Å². The van der Waals surface area contributed by atoms with E-state index in [0.29, 0.717) is 0 Å². The molecule has 0 aromatic heterocycles. The monoisotopic (exact) mass is 420 g/mol. The summed E-state index contributed by atoms with van der Waals surface area (Å²) in [7, 11) is 0. The van der Waals surface area contributed by atoms with Crippen LogP contribution in [0.25, 0.3) is 0 Å². The predicted molar refractivity (Wildman–Crippen MR) is 118 cm³/mol. The van der Waals surface area contributed by atoms with Gasteiger partial charge in [-0.2, -0.15) is 0 Å². The molecule has 3 aromatic rings. The number of hydrogen-bond donors (Lipinski definition) is 3. The van der Waals surface area contributed by atoms with Crippen molar-refractivity contribution in [3.8, 4) is 0 Å². The Bertz CT molecular complexity index is 851. The Morgan fingerprint density at radius 1 is 0.677 bits per heavy atom. The molecule has 1 aliphatic heterocycles. The molecule has 4 rings (SSSR count). The van der Waals surface area contributed by atoms with Gasteiger partial charge in [-0.05, 0) is 23.6 Å². The van der Waals surface area contributed by atoms with Crippen molar-refractivity contribution >= 4 is 0 Å². The molecule has 0 radical (unpaired) electrons. The molecule has 0 aliphatic carbocycles. The normalized spacial score (nSPS) is 26.5. The molecule has 1 fully saturated rings. The molecule has 5 nitrogen and oxygen atoms in total. The standard InChI is InChI=1S/C26H28O5/c1-18-23(27)25(29)24(28)22(31-18)17-30-26(19-11-5-2-6-12-19,20-13-7-3-8-14-20)21-15-9-4-10-16-21/h2-16,18,22-25,27-29H,17H2,1H3/t18-,22?,23?,24+,25-/m1/s1. The molecular formula is C26H28O5. The molecule has 162 valence electrons. The fraction of sp³-hybridized carbons (Fsp3) is 0.308. The number of rotatable bonds is 6. The molecule has 0 bridgehead atoms. The van der Waals surface area contributed by atoms with Gasteiger partial charge in [0.2, 0.25) is 0 Å². The second kappa shape index (κ2) is 9.30. The van der Waals surface area contributed by atoms with Crippen LogP contribution < -0.4 is 0 Å². The highest BCUT2D eigenvalue weighted by atomic mass is 16.6. The van der Waals surface area contributed by atoms with Crippen molar-refractivity contribution in [1.82, 2.24) is 0 Å². The van der Waals surface area contributed by atoms with E-state index in [2.05, 4.69) is 0 Å². The molecule has 3 N–H and O–H groups in total. The molecule has 3 aromatic carbocycles. The third-order valence-corrected chi connectivity index (χ3v) is 5.96. The van der Waals surface area contributed by atoms with E-state index in [4.69, 9.17) is 9.47 Å². The molecule has 1 saturated heterocycles. The number of hydrogen-bond acceptors (Lipinski definition) is 5. The third-order valence-electron chi connectivity index (χ3n) is 5.96. The summed E-state index contributed by atoms with van der Waals surface area (Å²) in [5.74, 6) is 0. The molecule has 5 atom stereocenters. The van der Waals surface area contributed by atoms with Gasteiger partial charge in [0.15, 0.2) is 0 Å². The van der Waals surface area contributed by atoms with Gasteiger partial charge < -0.3 is 24.8 Å². The molecule has 2 unspecified atom stereocenters. The van der Waals surface area contributed by atoms with E-state index >= 15 is 0 Å². The van der Waals surface area contributed by atoms with Gasteiger partial charge in [0.25, 0.3) is 0 Å². The van der Waals surface area contributed by atoms with Crippen LogP contribution in [0.1, 0.15) is 23.6 Å². The maximum Gasteiger partial charge on any atom is 0.143 e. The summed E-state index contributed by atoms with van der Waals surface area (Å²) in [6.45, 7) is 1.69. The Morgan fingerprint density at radius 3 is 1.52 bits per heavy atom. The van der Waals surface area contributed by atoms with E-state index in [1.807, 2.05) is 91.0 Å². The first kappa shape index (κ1) is 21.7. The van der Waals surface area contributed by atoms with Crippen LogP contribution >= 0.6 is 0 Å². The van der Waals surface area contributed by atoms with Crippen molar-refractivity contribution in [1.29, 1.82) is 0 Å². The zero-order chi connectivity index (χ0) is 21.8. The maximum absolute atomic E-state index is 10.5. The molecule has 1 heterocycles. The van der Waals surface area contributed by atoms with Crippen LogP contribution in [-0.2, 0) is 15.1 Å². The Balaban J connectivity index is 1.78. The summed E-state index contributed by atoms with van der Waals surface area (Å²) in [6, 6.07) is 29.7. The number of ether oxygens (including phenoxy) is 2. The first-order chi connectivity index (χ1) is 15.0. The van der Waals surface area contributed by atoms with Crippen LogP contribution in [0, 0.1) is 0 Å². The van der Waals surface area contributed by atoms with Gasteiger partial charge in [-0.15, -0.1) is 0 Å². The van der Waals surface area contributed by atoms with Gasteiger partial charge in [-0.25, -0.2) is 0 Å². The summed E-state index contributed by atoms with van der Waals surface area (Å²) in [5.41, 5.74) is 1.86. The summed E-state index contributed by atoms with van der Waals surface area (Å²) >= 11 is 0. The minimum Gasteiger partial charge on any atom is -0.388 e. The summed E-state index contributed by atoms with van der Waals surface area (Å²) in [6.07, 6.45) is -5.10. The van der Waals surface area contributed by atoms with Gasteiger partial charge in [-0.1, -0.05) is 91.0 Å². The summed E-state index contributed by atoms with van der Waals surface area (Å²) in [5, 5.41) is 30.8. The fourth-order valence-electron chi connectivity index (χ4n) is 4.25. The van der Waals surface area contributed by atoms with Crippen LogP contribution in [0.3, 0.4) is 0 Å². The van der Waals surface area contributed by atoms with Crippen molar-refractivity contribution in [2.24, 2.45) is 0 Å². The van der Waals surface area contributed by atoms with Crippen molar-refractivity contribution in [3.05, 3.63) is 108 Å². The van der Waals surface area contributed by atoms with Crippen LogP contribution in [0.2, 0.25) is 0 Å². The first-order valence-corrected chi connectivity index (χ1v) is 10.5. The lowest BCUT2D eigenvalue weighted by Crippen LogP contribution is -2.58. The number of aliphatic hydroxyl groups is 3. The van der Waals surface area contributed by atoms with Gasteiger partial charge in [0.05, 0.1) is 12.7 Å². The second-order valence-electron chi connectivity index (χ2n) is 7.94. The Hall–Kier alpha value is -2.54. The van der Waals surface area contributed by atoms with Crippen molar-refractivity contribution in [2.45, 2.75) is 43.0 Å². The number of aliphatic hydroxyl groups excluding tert-OH is 3. The maximum atomic E-state index is 10.5. The zero-order valence-corrected chi connectivity index (χ0v) is 17.4. The predicted octanol–water partition coefficient (Wildman–Crippen LogP) is 2.87. The third kappa shape index (κ3) is 4.15. The largest absolute Gasteiger partial charge is 0.388 e. The van der Waals surface area contributed by atoms with E-state index in [9.17, 15) is 15.3 Å². The first-order valence-electron chi connectivity index (χ1n) is 10.5. The van der Waals surface area contributed by atoms with Crippen LogP contribution in [0.5, 0.6) is 0 Å². The molecule has 31 heavy (non-hydrogen) atoms. The molecular weight excluding hydrogens is 392 g/mol. The van der Waals surface area contributed by atoms with Crippen molar-refractivity contribution < 1.29 is 24.8 Å². The fourth-order valence-corrected chi connectivity index (χ4v) is 4.25. The topological polar surface area (TPSA) is 79.2 Å². The van der Waals surface area contributed by atoms with Gasteiger partial charge in [0.1, 0.15) is 30.0 Å². The number of benzene rings is 3. The van der Waals surface area contributed by atoms with Crippen molar-refractivity contribution in [3.63, 3.8) is 0 Å². The van der Waals surface area contributed by atoms with E-state index in [0.717, 1.165) is 16.7 Å². The highest BCUT2D eigenvalue weighted by molar-refractivity contribution is 5.47. The molecule has 0 spiro atoms. The lowest BCUT2D eigenvalue weighted by atomic mass is 9.80. The average Bonchev–Trinajstić information content (AvgIpc) is 2.83. The van der Waals surface area contributed by atoms with Gasteiger partial charge >= 0.3 is 0 Å². The Labute approximate surface area is 182 Å². The Morgan fingerprint density at radius 2 is 1.10 bits per heavy atom. The van der Waals surface area contributed by atoms with Gasteiger partial charge in [-0.3, -0.25) is 0 Å². The summed E-state index contributed by atoms with van der Waals surface area (Å²) < 4.78 is 12.5. The second-order valence-corrected chi connectivity index (χ2v) is 7.94. The van der Waals surface area contributed by atoms with Crippen molar-refractivity contribution in [2.75, 3.05) is 6.61 Å². The highest BCUT2D eigenvalue weighted by Gasteiger charge is 2.44. The quantitative estimate of drug-likeness (QED) is 0.535. The average molecular weight is 421 g/mol. The Kier molecular flexibility index (Phi) is 6.51. The van der Waals surface area contributed by atoms with Crippen LogP contribution in [-0.4, -0.2) is 52.4 Å². The van der Waals surface area contributed by atoms with E-state index in [-0.39, 0.29) is 6.61 Å². The van der Waals surface area contributed by atoms with Crippen LogP contribution in [0.4, 0.5) is 0 Å². The molecule has 0 saturated carbocycles. The minimum atomic E-state index is -1.29. The van der Waals surface area contributed by atoms with Crippen LogP contribution in [0.15, 0.2) is 91.0 Å². The van der Waals surface area contributed by atoms with E-state index < -0.39 is 36.1 Å². The molecule has 1 aliphatic rings. The van der Waals surface area contributed by atoms with E-state index in [1.54, 1.807) is 6.92 Å². The highest BCUT2D eigenvalue weighted by Crippen LogP contribution is 2.41. The minimum absolute atomic E-state index is 0.0218. The van der Waals surface area contributed by atoms with Gasteiger partial charge in [0, 0.05) is 0 Å². The smallest absolute Gasteiger partial charge is 0.143 e. The SMILES string of the molecule is C[C@H]1OC(COC(c2ccccc2)(c2ccccc2)c2ccccc2)[C@H](O)[C@H](O)C1O. The lowest BCUT2D eigenvalue weighted by molar-refractivity contribution is -0.233. The summed E-state index contributed by atoms with van der Waals surface area (Å²) in [4.78, 5) is 0. The zero-order valence-electron chi connectivity index (χ0n) is 17.4. The molecule has 0 amide bonds.